The summed E-state index contributed by atoms with van der Waals surface area (Å²) in [7, 11) is -4.96. The van der Waals surface area contributed by atoms with Gasteiger partial charge in [0.2, 0.25) is 0 Å². The Morgan fingerprint density at radius 3 is 2.60 bits per heavy atom. The first-order valence-electron chi connectivity index (χ1n) is 14.7. The number of aryl methyl sites for hydroxylation is 1. The van der Waals surface area contributed by atoms with E-state index in [1.54, 1.807) is 6.92 Å². The second-order valence-corrected chi connectivity index (χ2v) is 13.8. The van der Waals surface area contributed by atoms with Gasteiger partial charge in [0.15, 0.2) is 16.9 Å². The van der Waals surface area contributed by atoms with Gasteiger partial charge in [-0.05, 0) is 83.2 Å². The molecule has 1 saturated heterocycles. The molecule has 18 nitrogen and oxygen atoms in total. The van der Waals surface area contributed by atoms with Gasteiger partial charge in [0.1, 0.15) is 29.4 Å². The SMILES string of the molecule is CC(O/N=C(\C(=O)NC1C(=O)N(OS(=O)(=O)O)C1(C)C)c1csc(N)n1)C1CCc2cc(C(N)=NC3(CCN)CC3)ccc2O1.O=CO. The number of aromatic nitrogens is 1. The first kappa shape index (κ1) is 36.5. The molecule has 262 valence electrons. The zero-order chi connectivity index (χ0) is 35.4. The number of aliphatic imine (C=N–C) groups is 1. The summed E-state index contributed by atoms with van der Waals surface area (Å²) < 4.78 is 41.8. The summed E-state index contributed by atoms with van der Waals surface area (Å²) in [5.74, 6) is -0.564. The van der Waals surface area contributed by atoms with Crippen molar-refractivity contribution in [3.63, 3.8) is 0 Å². The van der Waals surface area contributed by atoms with Crippen molar-refractivity contribution in [1.29, 1.82) is 0 Å². The van der Waals surface area contributed by atoms with Crippen LogP contribution in [-0.2, 0) is 40.3 Å². The second-order valence-electron chi connectivity index (χ2n) is 11.9. The van der Waals surface area contributed by atoms with Crippen molar-refractivity contribution in [2.24, 2.45) is 21.6 Å². The van der Waals surface area contributed by atoms with Crippen LogP contribution in [0.2, 0.25) is 0 Å². The van der Waals surface area contributed by atoms with Gasteiger partial charge in [0.25, 0.3) is 18.3 Å². The van der Waals surface area contributed by atoms with E-state index in [-0.39, 0.29) is 28.5 Å². The lowest BCUT2D eigenvalue weighted by Crippen LogP contribution is -2.76. The molecule has 2 aliphatic heterocycles. The van der Waals surface area contributed by atoms with E-state index in [1.165, 1.54) is 19.2 Å². The number of nitrogen functional groups attached to an aromatic ring is 1. The molecular weight excluding hydrogens is 672 g/mol. The number of nitrogens with two attached hydrogens (primary N) is 3. The minimum Gasteiger partial charge on any atom is -0.486 e. The summed E-state index contributed by atoms with van der Waals surface area (Å²) in [4.78, 5) is 48.8. The third kappa shape index (κ3) is 8.37. The lowest BCUT2D eigenvalue weighted by Gasteiger charge is -2.50. The highest BCUT2D eigenvalue weighted by atomic mass is 32.3. The summed E-state index contributed by atoms with van der Waals surface area (Å²) in [6.07, 6.45) is 3.06. The second kappa shape index (κ2) is 14.4. The Morgan fingerprint density at radius 1 is 1.35 bits per heavy atom. The number of fused-ring (bicyclic) bond motifs is 1. The zero-order valence-corrected chi connectivity index (χ0v) is 28.0. The molecule has 20 heteroatoms. The van der Waals surface area contributed by atoms with Crippen molar-refractivity contribution in [3.8, 4) is 5.75 Å². The van der Waals surface area contributed by atoms with Gasteiger partial charge in [-0.1, -0.05) is 5.16 Å². The Morgan fingerprint density at radius 2 is 2.04 bits per heavy atom. The van der Waals surface area contributed by atoms with Gasteiger partial charge in [0, 0.05) is 10.9 Å². The maximum atomic E-state index is 13.3. The van der Waals surface area contributed by atoms with Crippen molar-refractivity contribution in [3.05, 3.63) is 40.4 Å². The van der Waals surface area contributed by atoms with Gasteiger partial charge < -0.3 is 37.2 Å². The van der Waals surface area contributed by atoms with E-state index in [1.807, 2.05) is 18.2 Å². The molecule has 3 heterocycles. The van der Waals surface area contributed by atoms with Crippen LogP contribution in [0.15, 0.2) is 33.7 Å². The predicted octanol–water partition coefficient (Wildman–Crippen LogP) is 0.356. The van der Waals surface area contributed by atoms with Crippen LogP contribution in [0, 0.1) is 0 Å². The number of carbonyl (C=O) groups is 3. The van der Waals surface area contributed by atoms with E-state index in [0.29, 0.717) is 36.0 Å². The lowest BCUT2D eigenvalue weighted by molar-refractivity contribution is -0.218. The third-order valence-electron chi connectivity index (χ3n) is 8.06. The van der Waals surface area contributed by atoms with E-state index >= 15 is 0 Å². The summed E-state index contributed by atoms with van der Waals surface area (Å²) >= 11 is 1.08. The Labute approximate surface area is 280 Å². The molecule has 3 atom stereocenters. The summed E-state index contributed by atoms with van der Waals surface area (Å²) in [6.45, 7) is 4.94. The van der Waals surface area contributed by atoms with Crippen LogP contribution in [0.1, 0.15) is 63.3 Å². The summed E-state index contributed by atoms with van der Waals surface area (Å²) in [6, 6.07) is 4.49. The standard InChI is InChI=1S/C27H36N8O8S2.CH2O2/c1-14(18-6-4-15-12-16(5-7-19(15)41-18)22(29)33-27(8-9-27)10-11-28)42-34-20(17-13-44-25(30)31-17)23(36)32-21-24(37)35(26(21,2)3)43-45(38,39)40;2-1-3/h5,7,12-14,18,21H,4,6,8-11,28H2,1-3H3,(H2,29,33)(H2,30,31)(H,32,36)(H,38,39,40);1H,(H,2,3)/b34-20-;. The van der Waals surface area contributed by atoms with Crippen LogP contribution in [0.25, 0.3) is 0 Å². The van der Waals surface area contributed by atoms with E-state index in [2.05, 4.69) is 19.7 Å². The Hall–Kier alpha value is -4.37. The van der Waals surface area contributed by atoms with Gasteiger partial charge in [-0.2, -0.15) is 13.5 Å². The van der Waals surface area contributed by atoms with Crippen LogP contribution in [0.5, 0.6) is 5.75 Å². The number of amidine groups is 1. The fourth-order valence-corrected chi connectivity index (χ4v) is 6.28. The normalized spacial score (nSPS) is 21.8. The number of nitrogens with zero attached hydrogens (tertiary/aromatic N) is 4. The molecule has 1 aromatic heterocycles. The van der Waals surface area contributed by atoms with Crippen LogP contribution >= 0.6 is 11.3 Å². The number of anilines is 1. The molecular formula is C28H38N8O10S2. The maximum Gasteiger partial charge on any atom is 0.418 e. The number of nitrogens with one attached hydrogen (secondary N) is 1. The van der Waals surface area contributed by atoms with Crippen molar-refractivity contribution < 1.29 is 46.3 Å². The molecule has 3 aliphatic rings. The number of oxime groups is 1. The molecule has 2 fully saturated rings. The Balaban J connectivity index is 0.00000167. The number of hydrogen-bond donors (Lipinski definition) is 6. The van der Waals surface area contributed by atoms with Gasteiger partial charge in [-0.25, -0.2) is 4.98 Å². The summed E-state index contributed by atoms with van der Waals surface area (Å²) in [5, 5.41) is 15.6. The van der Waals surface area contributed by atoms with Crippen LogP contribution in [0.3, 0.4) is 0 Å². The number of benzene rings is 1. The lowest BCUT2D eigenvalue weighted by atomic mass is 9.84. The molecule has 0 bridgehead atoms. The average Bonchev–Trinajstić information content (AvgIpc) is 3.64. The number of ether oxygens (including phenoxy) is 1. The first-order valence-corrected chi connectivity index (χ1v) is 17.0. The molecule has 5 rings (SSSR count). The molecule has 0 spiro atoms. The predicted molar refractivity (Wildman–Crippen MR) is 173 cm³/mol. The molecule has 1 aromatic carbocycles. The molecule has 0 radical (unpaired) electrons. The van der Waals surface area contributed by atoms with Gasteiger partial charge in [-0.15, -0.1) is 15.6 Å². The highest BCUT2D eigenvalue weighted by Gasteiger charge is 2.58. The van der Waals surface area contributed by atoms with E-state index < -0.39 is 46.0 Å². The minimum absolute atomic E-state index is 0.110. The number of hydrogen-bond acceptors (Lipinski definition) is 14. The zero-order valence-electron chi connectivity index (χ0n) is 26.4. The topological polar surface area (TPSA) is 284 Å². The summed E-state index contributed by atoms with van der Waals surface area (Å²) in [5.41, 5.74) is 18.0. The minimum atomic E-state index is -4.96. The number of amides is 2. The molecule has 2 aromatic rings. The monoisotopic (exact) mass is 710 g/mol. The molecule has 3 unspecified atom stereocenters. The van der Waals surface area contributed by atoms with Crippen molar-refractivity contribution >= 4 is 56.7 Å². The van der Waals surface area contributed by atoms with Gasteiger partial charge in [0.05, 0.1) is 11.1 Å². The van der Waals surface area contributed by atoms with E-state index in [4.69, 9.17) is 46.2 Å². The number of rotatable bonds is 12. The Kier molecular flexibility index (Phi) is 10.9. The number of thiazole rings is 1. The third-order valence-corrected chi connectivity index (χ3v) is 9.07. The molecule has 9 N–H and O–H groups in total. The molecule has 1 aliphatic carbocycles. The van der Waals surface area contributed by atoms with E-state index in [9.17, 15) is 18.0 Å². The van der Waals surface area contributed by atoms with Crippen LogP contribution in [-0.4, -0.2) is 93.8 Å². The van der Waals surface area contributed by atoms with Crippen LogP contribution < -0.4 is 27.3 Å². The largest absolute Gasteiger partial charge is 0.486 e. The van der Waals surface area contributed by atoms with Crippen LogP contribution in [0.4, 0.5) is 5.13 Å². The van der Waals surface area contributed by atoms with Gasteiger partial charge >= 0.3 is 10.4 Å². The quantitative estimate of drug-likeness (QED) is 0.0433. The average molecular weight is 711 g/mol. The fraction of sp³-hybridized carbons (Fsp3) is 0.500. The number of carboxylic acid groups (broad SMARTS) is 1. The first-order chi connectivity index (χ1) is 22.5. The van der Waals surface area contributed by atoms with Crippen molar-refractivity contribution in [1.82, 2.24) is 15.4 Å². The van der Waals surface area contributed by atoms with Crippen molar-refractivity contribution in [2.75, 3.05) is 12.3 Å². The highest BCUT2D eigenvalue weighted by Crippen LogP contribution is 2.43. The fourth-order valence-electron chi connectivity index (χ4n) is 5.27. The molecule has 48 heavy (non-hydrogen) atoms. The number of carbonyl (C=O) groups excluding carboxylic acids is 2. The smallest absolute Gasteiger partial charge is 0.418 e. The highest BCUT2D eigenvalue weighted by molar-refractivity contribution is 7.80. The number of β-lactam (4-membered cyclic amide) rings is 1. The maximum absolute atomic E-state index is 13.3. The Bertz CT molecular complexity index is 1710. The van der Waals surface area contributed by atoms with E-state index in [0.717, 1.165) is 41.7 Å². The van der Waals surface area contributed by atoms with Crippen molar-refractivity contribution in [2.45, 2.75) is 82.2 Å². The molecule has 1 saturated carbocycles. The van der Waals surface area contributed by atoms with Gasteiger partial charge in [-0.3, -0.25) is 23.9 Å². The molecule has 2 amide bonds. The number of hydroxylamine groups is 2.